The summed E-state index contributed by atoms with van der Waals surface area (Å²) in [5.74, 6) is 0.692. The molecule has 0 bridgehead atoms. The van der Waals surface area contributed by atoms with E-state index in [0.717, 1.165) is 51.9 Å². The summed E-state index contributed by atoms with van der Waals surface area (Å²) >= 11 is 20.9. The molecule has 13 heteroatoms. The maximum atomic E-state index is 11.5. The third-order valence-corrected chi connectivity index (χ3v) is 10.4. The van der Waals surface area contributed by atoms with Crippen LogP contribution in [0.4, 0.5) is 0 Å². The van der Waals surface area contributed by atoms with Crippen LogP contribution in [0.3, 0.4) is 0 Å². The van der Waals surface area contributed by atoms with Crippen LogP contribution in [0.1, 0.15) is 36.9 Å². The second-order valence-electron chi connectivity index (χ2n) is 12.6. The topological polar surface area (TPSA) is 122 Å². The van der Waals surface area contributed by atoms with Gasteiger partial charge in [-0.25, -0.2) is 9.97 Å². The Kier molecular flexibility index (Phi) is 10.3. The molecule has 2 atom stereocenters. The summed E-state index contributed by atoms with van der Waals surface area (Å²) in [7, 11) is 1.60. The number of pyridine rings is 2. The van der Waals surface area contributed by atoms with Crippen molar-refractivity contribution in [3.63, 3.8) is 0 Å². The molecule has 2 aliphatic rings. The summed E-state index contributed by atoms with van der Waals surface area (Å²) in [6.07, 6.45) is 4.69. The van der Waals surface area contributed by atoms with Crippen molar-refractivity contribution >= 4 is 52.3 Å². The quantitative estimate of drug-likeness (QED) is 0.117. The highest BCUT2D eigenvalue weighted by atomic mass is 35.5. The number of imidazole rings is 1. The van der Waals surface area contributed by atoms with E-state index >= 15 is 0 Å². The minimum absolute atomic E-state index is 0.0916. The van der Waals surface area contributed by atoms with Crippen LogP contribution in [0.15, 0.2) is 66.9 Å². The van der Waals surface area contributed by atoms with Crippen molar-refractivity contribution < 1.29 is 14.3 Å². The number of benzene rings is 2. The third kappa shape index (κ3) is 7.17. The van der Waals surface area contributed by atoms with E-state index in [1.54, 1.807) is 7.11 Å². The highest BCUT2D eigenvalue weighted by Crippen LogP contribution is 2.42. The lowest BCUT2D eigenvalue weighted by atomic mass is 9.97. The third-order valence-electron chi connectivity index (χ3n) is 9.20. The largest absolute Gasteiger partial charge is 0.481 e. The van der Waals surface area contributed by atoms with Gasteiger partial charge in [0.1, 0.15) is 10.8 Å². The van der Waals surface area contributed by atoms with Crippen LogP contribution < -0.4 is 26.0 Å². The fourth-order valence-electron chi connectivity index (χ4n) is 6.58. The zero-order valence-electron chi connectivity index (χ0n) is 27.4. The predicted molar refractivity (Wildman–Crippen MR) is 197 cm³/mol. The van der Waals surface area contributed by atoms with Crippen LogP contribution in [-0.4, -0.2) is 58.5 Å². The van der Waals surface area contributed by atoms with Crippen LogP contribution in [0.25, 0.3) is 39.2 Å². The Balaban J connectivity index is 1.10. The number of carbonyl (C=O) groups excluding carboxylic acids is 2. The van der Waals surface area contributed by atoms with Gasteiger partial charge in [-0.05, 0) is 36.6 Å². The molecule has 0 spiro atoms. The lowest BCUT2D eigenvalue weighted by Gasteiger charge is -2.16. The Morgan fingerprint density at radius 1 is 0.800 bits per heavy atom. The molecule has 4 N–H and O–H groups in total. The van der Waals surface area contributed by atoms with Gasteiger partial charge in [0.2, 0.25) is 17.7 Å². The van der Waals surface area contributed by atoms with Crippen molar-refractivity contribution in [1.29, 1.82) is 0 Å². The summed E-state index contributed by atoms with van der Waals surface area (Å²) < 4.78 is 7.49. The predicted octanol–water partition coefficient (Wildman–Crippen LogP) is 6.44. The van der Waals surface area contributed by atoms with Crippen LogP contribution in [0.5, 0.6) is 5.88 Å². The molecule has 2 fully saturated rings. The number of amides is 2. The molecule has 3 aromatic heterocycles. The number of fused-ring (bicyclic) bond motifs is 1. The van der Waals surface area contributed by atoms with Gasteiger partial charge in [0.15, 0.2) is 0 Å². The Labute approximate surface area is 304 Å². The molecule has 5 aromatic rings. The zero-order chi connectivity index (χ0) is 34.8. The Morgan fingerprint density at radius 3 is 2.06 bits per heavy atom. The van der Waals surface area contributed by atoms with Gasteiger partial charge in [0.25, 0.3) is 0 Å². The number of methoxy groups -OCH3 is 1. The van der Waals surface area contributed by atoms with E-state index in [2.05, 4.69) is 21.3 Å². The van der Waals surface area contributed by atoms with Crippen molar-refractivity contribution in [2.75, 3.05) is 20.2 Å². The van der Waals surface area contributed by atoms with Gasteiger partial charge in [-0.15, -0.1) is 0 Å². The van der Waals surface area contributed by atoms with Crippen molar-refractivity contribution in [3.05, 3.63) is 93.3 Å². The molecule has 2 amide bonds. The molecule has 2 aliphatic heterocycles. The molecule has 5 heterocycles. The molecule has 0 unspecified atom stereocenters. The molecule has 2 saturated heterocycles. The van der Waals surface area contributed by atoms with Crippen molar-refractivity contribution in [2.24, 2.45) is 0 Å². The maximum Gasteiger partial charge on any atom is 0.220 e. The fourth-order valence-corrected chi connectivity index (χ4v) is 7.50. The molecular formula is C37H36Cl3N7O3. The van der Waals surface area contributed by atoms with Crippen LogP contribution in [-0.2, 0) is 22.7 Å². The maximum absolute atomic E-state index is 11.5. The van der Waals surface area contributed by atoms with Crippen LogP contribution >= 0.6 is 34.8 Å². The van der Waals surface area contributed by atoms with Gasteiger partial charge >= 0.3 is 0 Å². The van der Waals surface area contributed by atoms with Gasteiger partial charge in [-0.3, -0.25) is 14.0 Å². The molecule has 50 heavy (non-hydrogen) atoms. The number of halogens is 3. The molecular weight excluding hydrogens is 697 g/mol. The number of hydrogen-bond acceptors (Lipinski definition) is 7. The Bertz CT molecular complexity index is 2090. The van der Waals surface area contributed by atoms with Gasteiger partial charge < -0.3 is 26.0 Å². The molecule has 0 aliphatic carbocycles. The highest BCUT2D eigenvalue weighted by molar-refractivity contribution is 6.39. The number of nitrogens with one attached hydrogen (secondary N) is 4. The number of carbonyl (C=O) groups is 2. The van der Waals surface area contributed by atoms with E-state index in [0.29, 0.717) is 71.4 Å². The Hall–Kier alpha value is -4.19. The lowest BCUT2D eigenvalue weighted by molar-refractivity contribution is -0.120. The standard InChI is InChI=1S/C37H36Cl3N7O3/c1-50-37-22(17-41-18-23-9-12-32(48)43-23)8-11-29(46-37)28-7-3-6-27(35(28)39)26-5-2-4-25(34(26)38)21-14-15-47-31(16-21)45-30(36(47)40)20-42-19-24-10-13-33(49)44-24/h2-8,11,14-16,23-24,41-42H,9-10,12-13,17-20H2,1H3,(H,43,48)(H,44,49)/t23-,24-/m1/s1. The van der Waals surface area contributed by atoms with Crippen LogP contribution in [0.2, 0.25) is 15.2 Å². The molecule has 0 saturated carbocycles. The SMILES string of the molecule is COc1nc(-c2cccc(-c3cccc(-c4ccn5c(Cl)c(CNC[C@H]6CCC(=O)N6)nc5c4)c3Cl)c2Cl)ccc1CNC[C@H]1CCC(=O)N1. The number of ether oxygens (including phenoxy) is 1. The first kappa shape index (κ1) is 34.3. The highest BCUT2D eigenvalue weighted by Gasteiger charge is 2.22. The van der Waals surface area contributed by atoms with E-state index in [1.165, 1.54) is 0 Å². The van der Waals surface area contributed by atoms with Gasteiger partial charge in [0, 0.05) is 85.1 Å². The van der Waals surface area contributed by atoms with E-state index in [1.807, 2.05) is 71.3 Å². The average molecular weight is 733 g/mol. The minimum atomic E-state index is 0.0916. The fraction of sp³-hybridized carbons (Fsp3) is 0.297. The van der Waals surface area contributed by atoms with Crippen molar-refractivity contribution in [3.8, 4) is 39.4 Å². The number of nitrogens with zero attached hydrogens (tertiary/aromatic N) is 3. The smallest absolute Gasteiger partial charge is 0.220 e. The zero-order valence-corrected chi connectivity index (χ0v) is 29.6. The Morgan fingerprint density at radius 2 is 1.42 bits per heavy atom. The summed E-state index contributed by atoms with van der Waals surface area (Å²) in [5.41, 5.74) is 7.03. The number of hydrogen-bond donors (Lipinski definition) is 4. The second-order valence-corrected chi connectivity index (χ2v) is 13.7. The second kappa shape index (κ2) is 15.0. The first-order valence-corrected chi connectivity index (χ1v) is 17.7. The van der Waals surface area contributed by atoms with Crippen molar-refractivity contribution in [2.45, 2.75) is 50.9 Å². The molecule has 258 valence electrons. The first-order valence-electron chi connectivity index (χ1n) is 16.6. The summed E-state index contributed by atoms with van der Waals surface area (Å²) in [6.45, 7) is 2.36. The number of aromatic nitrogens is 3. The molecule has 7 rings (SSSR count). The first-order chi connectivity index (χ1) is 24.3. The summed E-state index contributed by atoms with van der Waals surface area (Å²) in [6, 6.07) is 19.8. The summed E-state index contributed by atoms with van der Waals surface area (Å²) in [4.78, 5) is 32.6. The molecule has 10 nitrogen and oxygen atoms in total. The lowest BCUT2D eigenvalue weighted by Crippen LogP contribution is -2.35. The van der Waals surface area contributed by atoms with E-state index < -0.39 is 0 Å². The van der Waals surface area contributed by atoms with Gasteiger partial charge in [-0.1, -0.05) is 77.3 Å². The minimum Gasteiger partial charge on any atom is -0.481 e. The van der Waals surface area contributed by atoms with Gasteiger partial charge in [0.05, 0.1) is 28.5 Å². The normalized spacial score (nSPS) is 17.4. The van der Waals surface area contributed by atoms with Crippen molar-refractivity contribution in [1.82, 2.24) is 35.6 Å². The van der Waals surface area contributed by atoms with E-state index in [9.17, 15) is 9.59 Å². The molecule has 2 aromatic carbocycles. The summed E-state index contributed by atoms with van der Waals surface area (Å²) in [5, 5.41) is 14.3. The molecule has 0 radical (unpaired) electrons. The monoisotopic (exact) mass is 731 g/mol. The van der Waals surface area contributed by atoms with Gasteiger partial charge in [-0.2, -0.15) is 0 Å². The average Bonchev–Trinajstić information content (AvgIpc) is 3.82. The van der Waals surface area contributed by atoms with E-state index in [-0.39, 0.29) is 23.9 Å². The van der Waals surface area contributed by atoms with Crippen LogP contribution in [0, 0.1) is 0 Å². The number of rotatable bonds is 12. The van der Waals surface area contributed by atoms with E-state index in [4.69, 9.17) is 49.5 Å².